The predicted octanol–water partition coefficient (Wildman–Crippen LogP) is 3.59. The number of nitrogens with one attached hydrogen (secondary N) is 2. The van der Waals surface area contributed by atoms with Gasteiger partial charge in [0.05, 0.1) is 13.1 Å². The number of carbonyl (C=O) groups is 3. The fraction of sp³-hybridized carbons (Fsp3) is 0.522. The third kappa shape index (κ3) is 5.33. The van der Waals surface area contributed by atoms with Crippen LogP contribution in [0.2, 0.25) is 0 Å². The van der Waals surface area contributed by atoms with Gasteiger partial charge in [-0.1, -0.05) is 6.92 Å². The summed E-state index contributed by atoms with van der Waals surface area (Å²) in [5.41, 5.74) is 2.55. The molecule has 0 radical (unpaired) electrons. The van der Waals surface area contributed by atoms with Gasteiger partial charge in [-0.05, 0) is 44.5 Å². The highest BCUT2D eigenvalue weighted by molar-refractivity contribution is 5.93. The van der Waals surface area contributed by atoms with E-state index in [0.717, 1.165) is 27.1 Å². The summed E-state index contributed by atoms with van der Waals surface area (Å²) < 4.78 is 11.0. The molecule has 9 heteroatoms. The number of carbonyl (C=O) groups excluding carboxylic acids is 3. The lowest BCUT2D eigenvalue weighted by Gasteiger charge is -2.33. The Kier molecular flexibility index (Phi) is 6.66. The molecular formula is C23H32N4O5. The molecule has 3 rings (SSSR count). The van der Waals surface area contributed by atoms with E-state index < -0.39 is 11.7 Å². The van der Waals surface area contributed by atoms with Crippen LogP contribution in [0.4, 0.5) is 9.59 Å². The Hall–Kier alpha value is -3.23. The summed E-state index contributed by atoms with van der Waals surface area (Å²) in [4.78, 5) is 42.1. The molecule has 32 heavy (non-hydrogen) atoms. The summed E-state index contributed by atoms with van der Waals surface area (Å²) >= 11 is 0. The molecule has 0 saturated carbocycles. The van der Waals surface area contributed by atoms with E-state index in [2.05, 4.69) is 17.2 Å². The van der Waals surface area contributed by atoms with E-state index in [0.29, 0.717) is 32.0 Å². The van der Waals surface area contributed by atoms with Gasteiger partial charge < -0.3 is 24.7 Å². The van der Waals surface area contributed by atoms with E-state index >= 15 is 0 Å². The molecule has 1 aliphatic rings. The van der Waals surface area contributed by atoms with Crippen LogP contribution in [0.5, 0.6) is 5.75 Å². The van der Waals surface area contributed by atoms with Crippen LogP contribution >= 0.6 is 0 Å². The van der Waals surface area contributed by atoms with E-state index in [1.807, 2.05) is 39.0 Å². The molecular weight excluding hydrogens is 412 g/mol. The van der Waals surface area contributed by atoms with E-state index in [4.69, 9.17) is 9.47 Å². The normalized spacial score (nSPS) is 15.8. The molecule has 0 spiro atoms. The maximum Gasteiger partial charge on any atom is 0.407 e. The molecule has 2 N–H and O–H groups in total. The van der Waals surface area contributed by atoms with Crippen LogP contribution in [0, 0.1) is 0 Å². The monoisotopic (exact) mass is 444 g/mol. The molecule has 4 amide bonds. The van der Waals surface area contributed by atoms with Crippen molar-refractivity contribution < 1.29 is 23.9 Å². The SMILES string of the molecule is CC(=O)N(C)C(=O)N1Cc2[nH]c3ccc(OCCNC(=O)OC(C)(C)C)cc3c2C(C)C1. The Balaban J connectivity index is 1.67. The number of imide groups is 1. The first kappa shape index (κ1) is 23.4. The maximum absolute atomic E-state index is 12.6. The topological polar surface area (TPSA) is 104 Å². The van der Waals surface area contributed by atoms with Crippen molar-refractivity contribution in [1.29, 1.82) is 0 Å². The number of fused-ring (bicyclic) bond motifs is 3. The van der Waals surface area contributed by atoms with E-state index in [9.17, 15) is 14.4 Å². The number of ether oxygens (including phenoxy) is 2. The largest absolute Gasteiger partial charge is 0.492 e. The molecule has 0 bridgehead atoms. The highest BCUT2D eigenvalue weighted by atomic mass is 16.6. The quantitative estimate of drug-likeness (QED) is 0.702. The summed E-state index contributed by atoms with van der Waals surface area (Å²) in [6.45, 7) is 10.5. The first-order valence-electron chi connectivity index (χ1n) is 10.7. The zero-order valence-electron chi connectivity index (χ0n) is 19.6. The number of nitrogens with zero attached hydrogens (tertiary/aromatic N) is 2. The molecule has 0 aliphatic carbocycles. The van der Waals surface area contributed by atoms with Crippen LogP contribution in [0.3, 0.4) is 0 Å². The van der Waals surface area contributed by atoms with Crippen molar-refractivity contribution in [3.8, 4) is 5.75 Å². The number of H-pyrrole nitrogens is 1. The molecule has 1 unspecified atom stereocenters. The van der Waals surface area contributed by atoms with Gasteiger partial charge in [-0.2, -0.15) is 0 Å². The predicted molar refractivity (Wildman–Crippen MR) is 121 cm³/mol. The second-order valence-electron chi connectivity index (χ2n) is 9.14. The second-order valence-corrected chi connectivity index (χ2v) is 9.14. The summed E-state index contributed by atoms with van der Waals surface area (Å²) in [7, 11) is 1.50. The number of alkyl carbamates (subject to hydrolysis) is 1. The van der Waals surface area contributed by atoms with Gasteiger partial charge in [0, 0.05) is 43.0 Å². The fourth-order valence-corrected chi connectivity index (χ4v) is 3.83. The molecule has 1 aromatic heterocycles. The van der Waals surface area contributed by atoms with Crippen LogP contribution in [0.1, 0.15) is 51.8 Å². The maximum atomic E-state index is 12.6. The number of urea groups is 1. The first-order chi connectivity index (χ1) is 15.0. The second kappa shape index (κ2) is 9.10. The van der Waals surface area contributed by atoms with Gasteiger partial charge in [0.15, 0.2) is 0 Å². The van der Waals surface area contributed by atoms with E-state index in [1.54, 1.807) is 4.90 Å². The lowest BCUT2D eigenvalue weighted by Crippen LogP contribution is -2.46. The minimum atomic E-state index is -0.540. The molecule has 1 aromatic carbocycles. The van der Waals surface area contributed by atoms with Crippen molar-refractivity contribution in [1.82, 2.24) is 20.1 Å². The lowest BCUT2D eigenvalue weighted by molar-refractivity contribution is -0.125. The molecule has 174 valence electrons. The number of amides is 4. The van der Waals surface area contributed by atoms with Crippen molar-refractivity contribution in [2.24, 2.45) is 0 Å². The van der Waals surface area contributed by atoms with Crippen LogP contribution < -0.4 is 10.1 Å². The number of aromatic nitrogens is 1. The summed E-state index contributed by atoms with van der Waals surface area (Å²) in [6.07, 6.45) is -0.473. The van der Waals surface area contributed by atoms with Crippen molar-refractivity contribution in [2.75, 3.05) is 26.7 Å². The number of hydrogen-bond acceptors (Lipinski definition) is 5. The van der Waals surface area contributed by atoms with Crippen LogP contribution in [-0.2, 0) is 16.1 Å². The molecule has 0 fully saturated rings. The Labute approximate surface area is 188 Å². The zero-order chi connectivity index (χ0) is 23.6. The first-order valence-corrected chi connectivity index (χ1v) is 10.7. The molecule has 1 atom stereocenters. The Morgan fingerprint density at radius 2 is 2.00 bits per heavy atom. The highest BCUT2D eigenvalue weighted by Crippen LogP contribution is 2.36. The van der Waals surface area contributed by atoms with E-state index in [1.165, 1.54) is 14.0 Å². The van der Waals surface area contributed by atoms with Crippen LogP contribution in [0.25, 0.3) is 10.9 Å². The average Bonchev–Trinajstić information content (AvgIpc) is 3.06. The third-order valence-electron chi connectivity index (χ3n) is 5.30. The minimum absolute atomic E-state index is 0.0980. The summed E-state index contributed by atoms with van der Waals surface area (Å²) in [5.74, 6) is 0.515. The van der Waals surface area contributed by atoms with Gasteiger partial charge in [-0.3, -0.25) is 9.69 Å². The van der Waals surface area contributed by atoms with Crippen molar-refractivity contribution in [3.05, 3.63) is 29.5 Å². The molecule has 1 aliphatic heterocycles. The van der Waals surface area contributed by atoms with Gasteiger partial charge >= 0.3 is 12.1 Å². The Morgan fingerprint density at radius 3 is 2.66 bits per heavy atom. The van der Waals surface area contributed by atoms with Gasteiger partial charge in [-0.15, -0.1) is 0 Å². The summed E-state index contributed by atoms with van der Waals surface area (Å²) in [5, 5.41) is 3.73. The third-order valence-corrected chi connectivity index (χ3v) is 5.30. The standard InChI is InChI=1S/C23H32N4O5/c1-14-12-27(22(30)26(6)15(2)28)13-19-20(14)17-11-16(7-8-18(17)25-19)31-10-9-24-21(29)32-23(3,4)5/h7-8,11,14,25H,9-10,12-13H2,1-6H3,(H,24,29). The smallest absolute Gasteiger partial charge is 0.407 e. The average molecular weight is 445 g/mol. The fourth-order valence-electron chi connectivity index (χ4n) is 3.83. The van der Waals surface area contributed by atoms with Gasteiger partial charge in [0.25, 0.3) is 0 Å². The van der Waals surface area contributed by atoms with Crippen LogP contribution in [0.15, 0.2) is 18.2 Å². The minimum Gasteiger partial charge on any atom is -0.492 e. The zero-order valence-corrected chi connectivity index (χ0v) is 19.6. The van der Waals surface area contributed by atoms with Gasteiger partial charge in [0.2, 0.25) is 5.91 Å². The Bertz CT molecular complexity index is 1020. The number of aromatic amines is 1. The van der Waals surface area contributed by atoms with Crippen molar-refractivity contribution >= 4 is 28.9 Å². The lowest BCUT2D eigenvalue weighted by atomic mass is 9.93. The van der Waals surface area contributed by atoms with Crippen molar-refractivity contribution in [3.63, 3.8) is 0 Å². The molecule has 0 saturated heterocycles. The van der Waals surface area contributed by atoms with E-state index in [-0.39, 0.29) is 17.9 Å². The molecule has 2 heterocycles. The summed E-state index contributed by atoms with van der Waals surface area (Å²) in [6, 6.07) is 5.50. The van der Waals surface area contributed by atoms with Gasteiger partial charge in [-0.25, -0.2) is 9.59 Å². The number of benzene rings is 1. The number of hydrogen-bond donors (Lipinski definition) is 2. The Morgan fingerprint density at radius 1 is 1.28 bits per heavy atom. The highest BCUT2D eigenvalue weighted by Gasteiger charge is 2.31. The van der Waals surface area contributed by atoms with Crippen molar-refractivity contribution in [2.45, 2.75) is 52.7 Å². The van der Waals surface area contributed by atoms with Gasteiger partial charge in [0.1, 0.15) is 18.0 Å². The molecule has 2 aromatic rings. The molecule has 9 nitrogen and oxygen atoms in total. The van der Waals surface area contributed by atoms with Crippen LogP contribution in [-0.4, -0.2) is 65.2 Å². The number of rotatable bonds is 4.